The van der Waals surface area contributed by atoms with Crippen LogP contribution in [0.15, 0.2) is 0 Å². The first-order chi connectivity index (χ1) is 9.46. The lowest BCUT2D eigenvalue weighted by Crippen LogP contribution is -2.41. The second-order valence-corrected chi connectivity index (χ2v) is 7.91. The Morgan fingerprint density at radius 1 is 1.15 bits per heavy atom. The molecular weight excluding hydrogens is 276 g/mol. The summed E-state index contributed by atoms with van der Waals surface area (Å²) in [6.45, 7) is 0.683. The molecule has 2 N–H and O–H groups in total. The Kier molecular flexibility index (Phi) is 5.43. The summed E-state index contributed by atoms with van der Waals surface area (Å²) in [5, 5.41) is 5.09. The van der Waals surface area contributed by atoms with Gasteiger partial charge in [-0.2, -0.15) is 0 Å². The summed E-state index contributed by atoms with van der Waals surface area (Å²) >= 11 is 0. The van der Waals surface area contributed by atoms with Crippen LogP contribution in [0.25, 0.3) is 0 Å². The quantitative estimate of drug-likeness (QED) is 0.809. The van der Waals surface area contributed by atoms with Crippen LogP contribution in [0.4, 0.5) is 0 Å². The molecule has 0 aromatic rings. The number of rotatable bonds is 6. The second-order valence-electron chi connectivity index (χ2n) is 6.26. The van der Waals surface area contributed by atoms with Crippen molar-refractivity contribution < 1.29 is 13.2 Å². The minimum atomic E-state index is -3.50. The first-order valence-corrected chi connectivity index (χ1v) is 9.47. The van der Waals surface area contributed by atoms with Gasteiger partial charge in [0.25, 0.3) is 0 Å². The molecule has 1 heterocycles. The van der Waals surface area contributed by atoms with E-state index in [0.29, 0.717) is 13.0 Å². The molecule has 2 aliphatic rings. The van der Waals surface area contributed by atoms with Gasteiger partial charge in [-0.15, -0.1) is 0 Å². The van der Waals surface area contributed by atoms with Gasteiger partial charge in [0.1, 0.15) is 0 Å². The third-order valence-electron chi connectivity index (χ3n) is 4.60. The predicted octanol–water partition coefficient (Wildman–Crippen LogP) is 1.63. The Balaban J connectivity index is 1.75. The summed E-state index contributed by atoms with van der Waals surface area (Å²) in [5.41, 5.74) is 0. The monoisotopic (exact) mass is 302 g/mol. The zero-order chi connectivity index (χ0) is 14.6. The van der Waals surface area contributed by atoms with Crippen molar-refractivity contribution in [2.24, 2.45) is 11.1 Å². The third kappa shape index (κ3) is 4.74. The molecule has 116 valence electrons. The average Bonchev–Trinajstić information content (AvgIpc) is 2.98. The molecule has 6 heteroatoms. The standard InChI is InChI=1S/C14H26N2O3S/c15-20(18,19)11-13-8-4-10-16(13)14(17)9-3-7-12-5-1-2-6-12/h12-13H,1-11H2,(H2,15,18,19)/t13-/m0/s1. The number of likely N-dealkylation sites (tertiary alicyclic amines) is 1. The number of carbonyl (C=O) groups is 1. The molecule has 0 aromatic heterocycles. The molecule has 1 aliphatic carbocycles. The van der Waals surface area contributed by atoms with E-state index in [1.807, 2.05) is 0 Å². The zero-order valence-corrected chi connectivity index (χ0v) is 12.9. The van der Waals surface area contributed by atoms with Crippen LogP contribution in [-0.2, 0) is 14.8 Å². The van der Waals surface area contributed by atoms with Crippen molar-refractivity contribution in [3.63, 3.8) is 0 Å². The normalized spacial score (nSPS) is 24.4. The first kappa shape index (κ1) is 15.8. The van der Waals surface area contributed by atoms with Crippen LogP contribution in [0.1, 0.15) is 57.8 Å². The van der Waals surface area contributed by atoms with E-state index in [1.54, 1.807) is 4.90 Å². The van der Waals surface area contributed by atoms with Gasteiger partial charge in [0.2, 0.25) is 15.9 Å². The van der Waals surface area contributed by atoms with Crippen LogP contribution in [0, 0.1) is 5.92 Å². The van der Waals surface area contributed by atoms with E-state index in [1.165, 1.54) is 25.7 Å². The van der Waals surface area contributed by atoms with Crippen molar-refractivity contribution in [3.05, 3.63) is 0 Å². The second kappa shape index (κ2) is 6.89. The third-order valence-corrected chi connectivity index (χ3v) is 5.45. The zero-order valence-electron chi connectivity index (χ0n) is 12.1. The maximum Gasteiger partial charge on any atom is 0.222 e. The smallest absolute Gasteiger partial charge is 0.222 e. The molecule has 0 unspecified atom stereocenters. The number of hydrogen-bond donors (Lipinski definition) is 1. The summed E-state index contributed by atoms with van der Waals surface area (Å²) in [6, 6.07) is -0.205. The fourth-order valence-electron chi connectivity index (χ4n) is 3.59. The van der Waals surface area contributed by atoms with E-state index in [0.717, 1.165) is 31.6 Å². The Morgan fingerprint density at radius 3 is 2.50 bits per heavy atom. The number of amides is 1. The van der Waals surface area contributed by atoms with Gasteiger partial charge in [-0.05, 0) is 31.6 Å². The minimum absolute atomic E-state index is 0.0959. The number of sulfonamides is 1. The first-order valence-electron chi connectivity index (χ1n) is 7.75. The fraction of sp³-hybridized carbons (Fsp3) is 0.929. The highest BCUT2D eigenvalue weighted by Crippen LogP contribution is 2.29. The van der Waals surface area contributed by atoms with Crippen molar-refractivity contribution >= 4 is 15.9 Å². The summed E-state index contributed by atoms with van der Waals surface area (Å²) in [4.78, 5) is 13.9. The Morgan fingerprint density at radius 2 is 1.85 bits per heavy atom. The molecule has 0 radical (unpaired) electrons. The highest BCUT2D eigenvalue weighted by atomic mass is 32.2. The van der Waals surface area contributed by atoms with E-state index < -0.39 is 10.0 Å². The lowest BCUT2D eigenvalue weighted by atomic mass is 10.0. The fourth-order valence-corrected chi connectivity index (χ4v) is 4.47. The lowest BCUT2D eigenvalue weighted by Gasteiger charge is -2.24. The largest absolute Gasteiger partial charge is 0.339 e. The minimum Gasteiger partial charge on any atom is -0.339 e. The van der Waals surface area contributed by atoms with Gasteiger partial charge < -0.3 is 4.90 Å². The van der Waals surface area contributed by atoms with E-state index in [9.17, 15) is 13.2 Å². The maximum absolute atomic E-state index is 12.2. The summed E-state index contributed by atoms with van der Waals surface area (Å²) in [5.74, 6) is 0.817. The summed E-state index contributed by atoms with van der Waals surface area (Å²) < 4.78 is 22.4. The van der Waals surface area contributed by atoms with E-state index >= 15 is 0 Å². The summed E-state index contributed by atoms with van der Waals surface area (Å²) in [6.07, 6.45) is 9.55. The van der Waals surface area contributed by atoms with Crippen LogP contribution in [0.2, 0.25) is 0 Å². The molecule has 1 aliphatic heterocycles. The summed E-state index contributed by atoms with van der Waals surface area (Å²) in [7, 11) is -3.50. The van der Waals surface area contributed by atoms with Crippen molar-refractivity contribution in [2.45, 2.75) is 63.8 Å². The molecule has 1 saturated heterocycles. The number of primary sulfonamides is 1. The Bertz CT molecular complexity index is 430. The van der Waals surface area contributed by atoms with E-state index in [-0.39, 0.29) is 17.7 Å². The van der Waals surface area contributed by atoms with Gasteiger partial charge in [0.15, 0.2) is 0 Å². The molecule has 2 rings (SSSR count). The van der Waals surface area contributed by atoms with Crippen LogP contribution in [0.3, 0.4) is 0 Å². The topological polar surface area (TPSA) is 80.5 Å². The molecule has 5 nitrogen and oxygen atoms in total. The van der Waals surface area contributed by atoms with Gasteiger partial charge in [-0.1, -0.05) is 25.7 Å². The Labute approximate surface area is 121 Å². The SMILES string of the molecule is NS(=O)(=O)C[C@@H]1CCCN1C(=O)CCCC1CCCC1. The van der Waals surface area contributed by atoms with Gasteiger partial charge in [0, 0.05) is 19.0 Å². The molecule has 1 atom stereocenters. The average molecular weight is 302 g/mol. The van der Waals surface area contributed by atoms with Crippen molar-refractivity contribution in [1.82, 2.24) is 4.90 Å². The maximum atomic E-state index is 12.2. The highest BCUT2D eigenvalue weighted by molar-refractivity contribution is 7.89. The molecule has 1 amide bonds. The van der Waals surface area contributed by atoms with E-state index in [2.05, 4.69) is 0 Å². The van der Waals surface area contributed by atoms with Crippen molar-refractivity contribution in [1.29, 1.82) is 0 Å². The number of nitrogens with two attached hydrogens (primary N) is 1. The number of nitrogens with zero attached hydrogens (tertiary/aromatic N) is 1. The van der Waals surface area contributed by atoms with Crippen LogP contribution >= 0.6 is 0 Å². The van der Waals surface area contributed by atoms with Crippen LogP contribution in [0.5, 0.6) is 0 Å². The number of hydrogen-bond acceptors (Lipinski definition) is 3. The molecule has 0 spiro atoms. The molecule has 0 bridgehead atoms. The van der Waals surface area contributed by atoms with Gasteiger partial charge in [0.05, 0.1) is 5.75 Å². The highest BCUT2D eigenvalue weighted by Gasteiger charge is 2.31. The molecule has 2 fully saturated rings. The van der Waals surface area contributed by atoms with Gasteiger partial charge in [-0.25, -0.2) is 13.6 Å². The van der Waals surface area contributed by atoms with Gasteiger partial charge >= 0.3 is 0 Å². The van der Waals surface area contributed by atoms with Crippen molar-refractivity contribution in [2.75, 3.05) is 12.3 Å². The molecule has 1 saturated carbocycles. The van der Waals surface area contributed by atoms with Crippen LogP contribution in [-0.4, -0.2) is 37.6 Å². The van der Waals surface area contributed by atoms with Crippen molar-refractivity contribution in [3.8, 4) is 0 Å². The predicted molar refractivity (Wildman–Crippen MR) is 78.5 cm³/mol. The van der Waals surface area contributed by atoms with E-state index in [4.69, 9.17) is 5.14 Å². The molecule has 20 heavy (non-hydrogen) atoms. The van der Waals surface area contributed by atoms with Crippen LogP contribution < -0.4 is 5.14 Å². The number of carbonyl (C=O) groups excluding carboxylic acids is 1. The lowest BCUT2D eigenvalue weighted by molar-refractivity contribution is -0.131. The Hall–Kier alpha value is -0.620. The van der Waals surface area contributed by atoms with Gasteiger partial charge in [-0.3, -0.25) is 4.79 Å². The molecular formula is C14H26N2O3S. The molecule has 0 aromatic carbocycles.